The average Bonchev–Trinajstić information content (AvgIpc) is 2.62. The lowest BCUT2D eigenvalue weighted by Crippen LogP contribution is -2.53. The summed E-state index contributed by atoms with van der Waals surface area (Å²) in [7, 11) is 1.91. The van der Waals surface area contributed by atoms with Crippen molar-refractivity contribution in [2.24, 2.45) is 7.05 Å². The molecule has 4 amide bonds. The van der Waals surface area contributed by atoms with Crippen LogP contribution < -0.4 is 5.32 Å². The molecule has 1 aromatic heterocycles. The maximum Gasteiger partial charge on any atom is 0.331 e. The second-order valence-corrected chi connectivity index (χ2v) is 4.75. The van der Waals surface area contributed by atoms with Gasteiger partial charge < -0.3 is 4.57 Å². The Balaban J connectivity index is 2.46. The first kappa shape index (κ1) is 14.0. The Bertz CT molecular complexity index is 640. The number of nitrogens with one attached hydrogen (secondary N) is 1. The van der Waals surface area contributed by atoms with E-state index in [4.69, 9.17) is 0 Å². The second kappa shape index (κ2) is 4.96. The third kappa shape index (κ3) is 2.13. The number of carbonyl (C=O) groups excluding carboxylic acids is 3. The van der Waals surface area contributed by atoms with E-state index in [9.17, 15) is 14.4 Å². The van der Waals surface area contributed by atoms with E-state index < -0.39 is 17.8 Å². The summed E-state index contributed by atoms with van der Waals surface area (Å²) in [5, 5.41) is 2.17. The Morgan fingerprint density at radius 1 is 1.25 bits per heavy atom. The van der Waals surface area contributed by atoms with Crippen molar-refractivity contribution in [1.82, 2.24) is 14.8 Å². The summed E-state index contributed by atoms with van der Waals surface area (Å²) in [6.07, 6.45) is 1.54. The van der Waals surface area contributed by atoms with Crippen molar-refractivity contribution in [2.75, 3.05) is 6.54 Å². The molecule has 106 valence electrons. The molecule has 2 rings (SSSR count). The highest BCUT2D eigenvalue weighted by Gasteiger charge is 2.34. The summed E-state index contributed by atoms with van der Waals surface area (Å²) < 4.78 is 1.97. The van der Waals surface area contributed by atoms with Crippen LogP contribution in [0.4, 0.5) is 4.79 Å². The molecule has 0 radical (unpaired) electrons. The molecule has 0 unspecified atom stereocenters. The Labute approximate surface area is 117 Å². The Hall–Kier alpha value is -2.37. The molecule has 0 atom stereocenters. The number of hydrogen-bond donors (Lipinski definition) is 1. The summed E-state index contributed by atoms with van der Waals surface area (Å²) in [5.74, 6) is -1.20. The first-order chi connectivity index (χ1) is 9.36. The smallest absolute Gasteiger partial charge is 0.331 e. The minimum atomic E-state index is -0.666. The molecule has 0 spiro atoms. The van der Waals surface area contributed by atoms with Crippen molar-refractivity contribution in [3.05, 3.63) is 28.6 Å². The molecule has 6 heteroatoms. The quantitative estimate of drug-likeness (QED) is 0.649. The molecule has 1 aliphatic rings. The molecular weight excluding hydrogens is 258 g/mol. The van der Waals surface area contributed by atoms with Crippen molar-refractivity contribution < 1.29 is 14.4 Å². The van der Waals surface area contributed by atoms with Gasteiger partial charge in [0.1, 0.15) is 5.57 Å². The van der Waals surface area contributed by atoms with Gasteiger partial charge in [-0.15, -0.1) is 0 Å². The lowest BCUT2D eigenvalue weighted by molar-refractivity contribution is -0.129. The van der Waals surface area contributed by atoms with Crippen LogP contribution in [0.5, 0.6) is 0 Å². The fraction of sp³-hybridized carbons (Fsp3) is 0.357. The second-order valence-electron chi connectivity index (χ2n) is 4.75. The molecule has 2 heterocycles. The largest absolute Gasteiger partial charge is 0.352 e. The summed E-state index contributed by atoms with van der Waals surface area (Å²) in [4.78, 5) is 36.5. The van der Waals surface area contributed by atoms with Crippen molar-refractivity contribution in [1.29, 1.82) is 0 Å². The highest BCUT2D eigenvalue weighted by atomic mass is 16.2. The van der Waals surface area contributed by atoms with Gasteiger partial charge in [0.05, 0.1) is 0 Å². The van der Waals surface area contributed by atoms with Crippen molar-refractivity contribution >= 4 is 23.9 Å². The number of imide groups is 2. The number of nitrogens with zero attached hydrogens (tertiary/aromatic N) is 2. The standard InChI is InChI=1S/C14H17N3O3/c1-5-17-13(19)11(12(18)15-14(17)20)7-10-6-8(2)16(4)9(10)3/h6-7H,5H2,1-4H3,(H,15,18,20)/b11-7+. The first-order valence-corrected chi connectivity index (χ1v) is 6.38. The van der Waals surface area contributed by atoms with Gasteiger partial charge in [-0.3, -0.25) is 19.8 Å². The summed E-state index contributed by atoms with van der Waals surface area (Å²) in [6, 6.07) is 1.23. The van der Waals surface area contributed by atoms with Crippen molar-refractivity contribution in [2.45, 2.75) is 20.8 Å². The fourth-order valence-electron chi connectivity index (χ4n) is 2.17. The molecule has 6 nitrogen and oxygen atoms in total. The predicted molar refractivity (Wildman–Crippen MR) is 73.8 cm³/mol. The number of urea groups is 1. The van der Waals surface area contributed by atoms with Crippen LogP contribution in [0.25, 0.3) is 6.08 Å². The van der Waals surface area contributed by atoms with Crippen LogP contribution in [0.15, 0.2) is 11.6 Å². The van der Waals surface area contributed by atoms with E-state index in [-0.39, 0.29) is 12.1 Å². The normalized spacial score (nSPS) is 17.9. The van der Waals surface area contributed by atoms with Crippen LogP contribution in [-0.4, -0.2) is 33.9 Å². The summed E-state index contributed by atoms with van der Waals surface area (Å²) in [6.45, 7) is 5.76. The van der Waals surface area contributed by atoms with Crippen molar-refractivity contribution in [3.63, 3.8) is 0 Å². The molecule has 1 aromatic rings. The van der Waals surface area contributed by atoms with Crippen LogP contribution in [0.2, 0.25) is 0 Å². The molecule has 0 bridgehead atoms. The molecule has 0 aliphatic carbocycles. The number of aryl methyl sites for hydroxylation is 1. The molecule has 1 saturated heterocycles. The van der Waals surface area contributed by atoms with Gasteiger partial charge in [-0.05, 0) is 38.5 Å². The van der Waals surface area contributed by atoms with Crippen LogP contribution >= 0.6 is 0 Å². The zero-order chi connectivity index (χ0) is 15.0. The van der Waals surface area contributed by atoms with E-state index in [1.54, 1.807) is 6.92 Å². The van der Waals surface area contributed by atoms with Gasteiger partial charge in [-0.1, -0.05) is 0 Å². The van der Waals surface area contributed by atoms with E-state index >= 15 is 0 Å². The Morgan fingerprint density at radius 2 is 1.90 bits per heavy atom. The molecule has 1 N–H and O–H groups in total. The lowest BCUT2D eigenvalue weighted by Gasteiger charge is -2.24. The third-order valence-electron chi connectivity index (χ3n) is 3.62. The van der Waals surface area contributed by atoms with Gasteiger partial charge in [-0.25, -0.2) is 4.79 Å². The number of rotatable bonds is 2. The number of amides is 4. The van der Waals surface area contributed by atoms with Crippen LogP contribution in [0, 0.1) is 13.8 Å². The third-order valence-corrected chi connectivity index (χ3v) is 3.62. The van der Waals surface area contributed by atoms with E-state index in [0.29, 0.717) is 0 Å². The summed E-state index contributed by atoms with van der Waals surface area (Å²) in [5.41, 5.74) is 2.77. The first-order valence-electron chi connectivity index (χ1n) is 6.38. The van der Waals surface area contributed by atoms with Gasteiger partial charge in [0.15, 0.2) is 0 Å². The number of carbonyl (C=O) groups is 3. The Morgan fingerprint density at radius 3 is 2.40 bits per heavy atom. The highest BCUT2D eigenvalue weighted by molar-refractivity contribution is 6.31. The maximum atomic E-state index is 12.2. The number of aromatic nitrogens is 1. The zero-order valence-corrected chi connectivity index (χ0v) is 12.0. The minimum Gasteiger partial charge on any atom is -0.352 e. The Kier molecular flexibility index (Phi) is 3.48. The van der Waals surface area contributed by atoms with Crippen molar-refractivity contribution in [3.8, 4) is 0 Å². The monoisotopic (exact) mass is 275 g/mol. The van der Waals surface area contributed by atoms with E-state index in [1.165, 1.54) is 6.08 Å². The number of likely N-dealkylation sites (N-methyl/N-ethyl adjacent to an activating group) is 1. The topological polar surface area (TPSA) is 71.4 Å². The fourth-order valence-corrected chi connectivity index (χ4v) is 2.17. The van der Waals surface area contributed by atoms with E-state index in [0.717, 1.165) is 21.9 Å². The average molecular weight is 275 g/mol. The maximum absolute atomic E-state index is 12.2. The molecular formula is C14H17N3O3. The van der Waals surface area contributed by atoms with Crippen LogP contribution in [0.3, 0.4) is 0 Å². The van der Waals surface area contributed by atoms with Gasteiger partial charge in [-0.2, -0.15) is 0 Å². The van der Waals surface area contributed by atoms with Gasteiger partial charge in [0.25, 0.3) is 11.8 Å². The van der Waals surface area contributed by atoms with E-state index in [2.05, 4.69) is 5.32 Å². The molecule has 1 aliphatic heterocycles. The summed E-state index contributed by atoms with van der Waals surface area (Å²) >= 11 is 0. The van der Waals surface area contributed by atoms with Crippen LogP contribution in [-0.2, 0) is 16.6 Å². The molecule has 1 fully saturated rings. The lowest BCUT2D eigenvalue weighted by atomic mass is 10.1. The highest BCUT2D eigenvalue weighted by Crippen LogP contribution is 2.19. The van der Waals surface area contributed by atoms with Gasteiger partial charge in [0.2, 0.25) is 0 Å². The predicted octanol–water partition coefficient (Wildman–Crippen LogP) is 1.12. The molecule has 0 aromatic carbocycles. The molecule has 0 saturated carbocycles. The molecule has 20 heavy (non-hydrogen) atoms. The number of barbiturate groups is 1. The number of hydrogen-bond acceptors (Lipinski definition) is 3. The minimum absolute atomic E-state index is 0.0137. The van der Waals surface area contributed by atoms with E-state index in [1.807, 2.05) is 31.5 Å². The zero-order valence-electron chi connectivity index (χ0n) is 12.0. The van der Waals surface area contributed by atoms with Gasteiger partial charge >= 0.3 is 6.03 Å². The van der Waals surface area contributed by atoms with Gasteiger partial charge in [0, 0.05) is 25.0 Å². The SMILES string of the molecule is CCN1C(=O)NC(=O)/C(=C\c2cc(C)n(C)c2C)C1=O. The van der Waals surface area contributed by atoms with Crippen LogP contribution in [0.1, 0.15) is 23.9 Å².